The zero-order valence-corrected chi connectivity index (χ0v) is 16.0. The summed E-state index contributed by atoms with van der Waals surface area (Å²) >= 11 is 6.99. The van der Waals surface area contributed by atoms with Crippen LogP contribution in [0, 0.1) is 13.8 Å². The van der Waals surface area contributed by atoms with E-state index < -0.39 is 0 Å². The lowest BCUT2D eigenvalue weighted by molar-refractivity contribution is 0.103. The highest BCUT2D eigenvalue weighted by molar-refractivity contribution is 9.11. The molecule has 0 aliphatic heterocycles. The van der Waals surface area contributed by atoms with Gasteiger partial charge < -0.3 is 9.47 Å². The third-order valence-electron chi connectivity index (χ3n) is 3.42. The SMILES string of the molecule is COc1cc(C)c(Br)c(C(=O)c2cc(OC)cc(C)c2Br)c1. The first-order valence-corrected chi connectivity index (χ1v) is 8.20. The van der Waals surface area contributed by atoms with Gasteiger partial charge in [0.05, 0.1) is 14.2 Å². The summed E-state index contributed by atoms with van der Waals surface area (Å²) in [5.41, 5.74) is 3.01. The van der Waals surface area contributed by atoms with Crippen molar-refractivity contribution in [3.05, 3.63) is 55.5 Å². The van der Waals surface area contributed by atoms with Gasteiger partial charge in [0.25, 0.3) is 0 Å². The van der Waals surface area contributed by atoms with Crippen LogP contribution in [0.3, 0.4) is 0 Å². The number of ketones is 1. The third-order valence-corrected chi connectivity index (χ3v) is 5.52. The maximum atomic E-state index is 13.0. The molecular formula is C17H16Br2O3. The van der Waals surface area contributed by atoms with Gasteiger partial charge in [0.1, 0.15) is 11.5 Å². The summed E-state index contributed by atoms with van der Waals surface area (Å²) in [4.78, 5) is 13.0. The second-order valence-electron chi connectivity index (χ2n) is 4.94. The van der Waals surface area contributed by atoms with E-state index in [2.05, 4.69) is 31.9 Å². The van der Waals surface area contributed by atoms with Gasteiger partial charge in [-0.3, -0.25) is 4.79 Å². The molecule has 0 heterocycles. The van der Waals surface area contributed by atoms with Gasteiger partial charge in [-0.2, -0.15) is 0 Å². The number of methoxy groups -OCH3 is 2. The van der Waals surface area contributed by atoms with Crippen LogP contribution in [0.4, 0.5) is 0 Å². The highest BCUT2D eigenvalue weighted by atomic mass is 79.9. The molecule has 0 saturated carbocycles. The molecule has 0 fully saturated rings. The van der Waals surface area contributed by atoms with E-state index >= 15 is 0 Å². The first-order chi connectivity index (χ1) is 10.4. The topological polar surface area (TPSA) is 35.5 Å². The van der Waals surface area contributed by atoms with Gasteiger partial charge in [0.2, 0.25) is 0 Å². The second-order valence-corrected chi connectivity index (χ2v) is 6.53. The average Bonchev–Trinajstić information content (AvgIpc) is 2.51. The van der Waals surface area contributed by atoms with Crippen LogP contribution in [0.2, 0.25) is 0 Å². The molecule has 0 saturated heterocycles. The van der Waals surface area contributed by atoms with Crippen LogP contribution in [0.5, 0.6) is 11.5 Å². The Hall–Kier alpha value is -1.33. The molecule has 0 aliphatic carbocycles. The van der Waals surface area contributed by atoms with Crippen molar-refractivity contribution < 1.29 is 14.3 Å². The van der Waals surface area contributed by atoms with Crippen molar-refractivity contribution >= 4 is 37.6 Å². The predicted molar refractivity (Wildman–Crippen MR) is 94.3 cm³/mol. The molecule has 5 heteroatoms. The smallest absolute Gasteiger partial charge is 0.195 e. The molecule has 2 aromatic rings. The summed E-state index contributed by atoms with van der Waals surface area (Å²) in [6, 6.07) is 7.24. The van der Waals surface area contributed by atoms with E-state index in [1.54, 1.807) is 26.4 Å². The Kier molecular flexibility index (Phi) is 5.29. The summed E-state index contributed by atoms with van der Waals surface area (Å²) in [7, 11) is 3.17. The fourth-order valence-electron chi connectivity index (χ4n) is 2.18. The van der Waals surface area contributed by atoms with E-state index in [0.29, 0.717) is 22.6 Å². The number of benzene rings is 2. The molecule has 0 unspecified atom stereocenters. The van der Waals surface area contributed by atoms with Gasteiger partial charge in [-0.15, -0.1) is 0 Å². The highest BCUT2D eigenvalue weighted by Gasteiger charge is 2.20. The van der Waals surface area contributed by atoms with Crippen molar-refractivity contribution in [3.63, 3.8) is 0 Å². The van der Waals surface area contributed by atoms with E-state index in [-0.39, 0.29) is 5.78 Å². The number of ether oxygens (including phenoxy) is 2. The van der Waals surface area contributed by atoms with Gasteiger partial charge in [0.15, 0.2) is 5.78 Å². The first-order valence-electron chi connectivity index (χ1n) is 6.62. The van der Waals surface area contributed by atoms with E-state index in [9.17, 15) is 4.79 Å². The minimum Gasteiger partial charge on any atom is -0.497 e. The average molecular weight is 428 g/mol. The van der Waals surface area contributed by atoms with Crippen molar-refractivity contribution in [2.45, 2.75) is 13.8 Å². The molecule has 22 heavy (non-hydrogen) atoms. The second kappa shape index (κ2) is 6.84. The van der Waals surface area contributed by atoms with Crippen molar-refractivity contribution in [3.8, 4) is 11.5 Å². The number of rotatable bonds is 4. The van der Waals surface area contributed by atoms with Gasteiger partial charge in [-0.05, 0) is 81.1 Å². The van der Waals surface area contributed by atoms with Gasteiger partial charge in [-0.1, -0.05) is 0 Å². The molecule has 0 aromatic heterocycles. The van der Waals surface area contributed by atoms with Gasteiger partial charge >= 0.3 is 0 Å². The Bertz CT molecular complexity index is 678. The Morgan fingerprint density at radius 3 is 1.50 bits per heavy atom. The third kappa shape index (κ3) is 3.20. The van der Waals surface area contributed by atoms with E-state index in [0.717, 1.165) is 20.1 Å². The lowest BCUT2D eigenvalue weighted by Gasteiger charge is -2.13. The number of halogens is 2. The number of hydrogen-bond acceptors (Lipinski definition) is 3. The molecule has 2 aromatic carbocycles. The molecule has 3 nitrogen and oxygen atoms in total. The number of aryl methyl sites for hydroxylation is 2. The van der Waals surface area contributed by atoms with E-state index in [1.165, 1.54) is 0 Å². The first kappa shape index (κ1) is 17.0. The number of hydrogen-bond donors (Lipinski definition) is 0. The molecule has 0 aliphatic rings. The van der Waals surface area contributed by atoms with Crippen molar-refractivity contribution in [1.82, 2.24) is 0 Å². The van der Waals surface area contributed by atoms with Gasteiger partial charge in [-0.25, -0.2) is 0 Å². The van der Waals surface area contributed by atoms with Crippen LogP contribution in [-0.2, 0) is 0 Å². The lowest BCUT2D eigenvalue weighted by atomic mass is 9.99. The molecule has 0 atom stereocenters. The Balaban J connectivity index is 2.62. The standard InChI is InChI=1S/C17H16Br2O3/c1-9-5-11(21-3)7-13(15(9)18)17(20)14-8-12(22-4)6-10(2)16(14)19/h5-8H,1-4H3. The quantitative estimate of drug-likeness (QED) is 0.638. The fraction of sp³-hybridized carbons (Fsp3) is 0.235. The minimum atomic E-state index is -0.0947. The van der Waals surface area contributed by atoms with E-state index in [4.69, 9.17) is 9.47 Å². The zero-order chi connectivity index (χ0) is 16.4. The Morgan fingerprint density at radius 1 is 0.818 bits per heavy atom. The fourth-order valence-corrected chi connectivity index (χ4v) is 3.00. The van der Waals surface area contributed by atoms with Crippen LogP contribution in [-0.4, -0.2) is 20.0 Å². The molecule has 0 bridgehead atoms. The molecular weight excluding hydrogens is 412 g/mol. The molecule has 0 spiro atoms. The maximum absolute atomic E-state index is 13.0. The zero-order valence-electron chi connectivity index (χ0n) is 12.8. The predicted octanol–water partition coefficient (Wildman–Crippen LogP) is 5.08. The monoisotopic (exact) mass is 426 g/mol. The van der Waals surface area contributed by atoms with Crippen LogP contribution >= 0.6 is 31.9 Å². The van der Waals surface area contributed by atoms with Crippen molar-refractivity contribution in [2.75, 3.05) is 14.2 Å². The molecule has 0 amide bonds. The molecule has 116 valence electrons. The molecule has 2 rings (SSSR count). The van der Waals surface area contributed by atoms with Crippen LogP contribution in [0.1, 0.15) is 27.0 Å². The van der Waals surface area contributed by atoms with Gasteiger partial charge in [0, 0.05) is 20.1 Å². The summed E-state index contributed by atoms with van der Waals surface area (Å²) in [6.45, 7) is 3.85. The van der Waals surface area contributed by atoms with Crippen LogP contribution in [0.25, 0.3) is 0 Å². The largest absolute Gasteiger partial charge is 0.497 e. The maximum Gasteiger partial charge on any atom is 0.195 e. The van der Waals surface area contributed by atoms with Crippen LogP contribution in [0.15, 0.2) is 33.2 Å². The summed E-state index contributed by atoms with van der Waals surface area (Å²) < 4.78 is 12.1. The summed E-state index contributed by atoms with van der Waals surface area (Å²) in [5.74, 6) is 1.21. The van der Waals surface area contributed by atoms with E-state index in [1.807, 2.05) is 26.0 Å². The van der Waals surface area contributed by atoms with Crippen molar-refractivity contribution in [1.29, 1.82) is 0 Å². The lowest BCUT2D eigenvalue weighted by Crippen LogP contribution is -2.06. The van der Waals surface area contributed by atoms with Crippen LogP contribution < -0.4 is 9.47 Å². The summed E-state index contributed by atoms with van der Waals surface area (Å²) in [5, 5.41) is 0. The van der Waals surface area contributed by atoms with Crippen molar-refractivity contribution in [2.24, 2.45) is 0 Å². The number of carbonyl (C=O) groups excluding carboxylic acids is 1. The Morgan fingerprint density at radius 2 is 1.18 bits per heavy atom. The number of carbonyl (C=O) groups is 1. The highest BCUT2D eigenvalue weighted by Crippen LogP contribution is 2.33. The summed E-state index contributed by atoms with van der Waals surface area (Å²) in [6.07, 6.45) is 0. The molecule has 0 N–H and O–H groups in total. The molecule has 0 radical (unpaired) electrons. The minimum absolute atomic E-state index is 0.0947. The normalized spacial score (nSPS) is 10.5. The Labute approximate surface area is 146 Å².